The number of nitrogens with zero attached hydrogens (tertiary/aromatic N) is 1. The second-order valence-corrected chi connectivity index (χ2v) is 10.7. The summed E-state index contributed by atoms with van der Waals surface area (Å²) in [7, 11) is 0. The number of carbonyl (C=O) groups excluding carboxylic acids is 2. The van der Waals surface area contributed by atoms with Crippen LogP contribution in [0, 0.1) is 11.8 Å². The zero-order valence-corrected chi connectivity index (χ0v) is 20.8. The highest BCUT2D eigenvalue weighted by molar-refractivity contribution is 7.10. The summed E-state index contributed by atoms with van der Waals surface area (Å²) >= 11 is 7.73. The third-order valence-corrected chi connectivity index (χ3v) is 8.56. The zero-order chi connectivity index (χ0) is 24.3. The summed E-state index contributed by atoms with van der Waals surface area (Å²) in [5, 5.41) is 18.8. The monoisotopic (exact) mass is 503 g/mol. The summed E-state index contributed by atoms with van der Waals surface area (Å²) in [6.07, 6.45) is 5.08. The molecular weight excluding hydrogens is 474 g/mol. The minimum Gasteiger partial charge on any atom is -0.481 e. The zero-order valence-electron chi connectivity index (χ0n) is 19.2. The molecule has 1 saturated carbocycles. The topological polar surface area (TPSA) is 108 Å². The van der Waals surface area contributed by atoms with E-state index in [0.717, 1.165) is 31.2 Å². The number of aromatic nitrogens is 1. The van der Waals surface area contributed by atoms with Crippen molar-refractivity contribution in [1.82, 2.24) is 15.6 Å². The van der Waals surface area contributed by atoms with Gasteiger partial charge >= 0.3 is 5.97 Å². The third-order valence-electron chi connectivity index (χ3n) is 7.22. The smallest absolute Gasteiger partial charge is 0.304 e. The molecule has 2 aromatic rings. The number of halogens is 1. The van der Waals surface area contributed by atoms with E-state index in [1.807, 2.05) is 23.6 Å². The van der Waals surface area contributed by atoms with Crippen molar-refractivity contribution in [2.45, 2.75) is 63.3 Å². The molecule has 1 aromatic heterocycles. The number of amides is 2. The number of aliphatic carboxylic acids is 1. The quantitative estimate of drug-likeness (QED) is 0.541. The average molecular weight is 504 g/mol. The van der Waals surface area contributed by atoms with Crippen molar-refractivity contribution in [3.05, 3.63) is 39.7 Å². The van der Waals surface area contributed by atoms with E-state index in [2.05, 4.69) is 10.6 Å². The largest absolute Gasteiger partial charge is 0.481 e. The van der Waals surface area contributed by atoms with Crippen LogP contribution in [0.2, 0.25) is 5.02 Å². The van der Waals surface area contributed by atoms with Crippen LogP contribution in [0.3, 0.4) is 0 Å². The van der Waals surface area contributed by atoms with Crippen LogP contribution >= 0.6 is 22.9 Å². The van der Waals surface area contributed by atoms with Gasteiger partial charge in [0.2, 0.25) is 11.8 Å². The first-order valence-electron chi connectivity index (χ1n) is 11.8. The normalized spacial score (nSPS) is 25.9. The number of thiazole rings is 1. The number of nitrogens with one attached hydrogen (secondary N) is 2. The molecule has 1 aromatic carbocycles. The van der Waals surface area contributed by atoms with E-state index >= 15 is 0 Å². The van der Waals surface area contributed by atoms with Gasteiger partial charge in [-0.1, -0.05) is 55.5 Å². The number of carboxylic acids is 1. The lowest BCUT2D eigenvalue weighted by Gasteiger charge is -2.43. The van der Waals surface area contributed by atoms with Crippen molar-refractivity contribution in [2.24, 2.45) is 11.8 Å². The molecule has 3 atom stereocenters. The number of carbonyl (C=O) groups is 3. The maximum absolute atomic E-state index is 13.9. The van der Waals surface area contributed by atoms with Crippen LogP contribution in [0.25, 0.3) is 11.3 Å². The van der Waals surface area contributed by atoms with Crippen molar-refractivity contribution in [3.8, 4) is 11.3 Å². The fraction of sp³-hybridized carbons (Fsp3) is 0.520. The van der Waals surface area contributed by atoms with Crippen molar-refractivity contribution in [2.75, 3.05) is 6.54 Å². The molecule has 34 heavy (non-hydrogen) atoms. The average Bonchev–Trinajstić information content (AvgIpc) is 3.48. The molecule has 0 unspecified atom stereocenters. The Morgan fingerprint density at radius 3 is 2.65 bits per heavy atom. The second kappa shape index (κ2) is 10.4. The molecule has 4 rings (SSSR count). The molecule has 0 radical (unpaired) electrons. The third kappa shape index (κ3) is 4.98. The fourth-order valence-corrected chi connectivity index (χ4v) is 7.05. The van der Waals surface area contributed by atoms with Gasteiger partial charge in [0.1, 0.15) is 10.4 Å². The Bertz CT molecular complexity index is 1070. The second-order valence-electron chi connectivity index (χ2n) is 9.40. The Hall–Kier alpha value is -2.45. The van der Waals surface area contributed by atoms with Crippen LogP contribution in [-0.2, 0) is 19.8 Å². The van der Waals surface area contributed by atoms with E-state index in [1.54, 1.807) is 6.07 Å². The summed E-state index contributed by atoms with van der Waals surface area (Å²) in [5.74, 6) is -1.44. The van der Waals surface area contributed by atoms with Gasteiger partial charge in [0.05, 0.1) is 12.1 Å². The molecule has 2 aliphatic rings. The maximum atomic E-state index is 13.9. The molecule has 1 aliphatic heterocycles. The van der Waals surface area contributed by atoms with Crippen molar-refractivity contribution in [1.29, 1.82) is 0 Å². The minimum absolute atomic E-state index is 0.140. The van der Waals surface area contributed by atoms with Crippen LogP contribution in [0.5, 0.6) is 0 Å². The Kier molecular flexibility index (Phi) is 7.57. The van der Waals surface area contributed by atoms with E-state index in [4.69, 9.17) is 16.6 Å². The van der Waals surface area contributed by atoms with E-state index in [-0.39, 0.29) is 42.7 Å². The first-order valence-corrected chi connectivity index (χ1v) is 13.0. The van der Waals surface area contributed by atoms with Crippen molar-refractivity contribution in [3.63, 3.8) is 0 Å². The number of hydrogen-bond donors (Lipinski definition) is 3. The van der Waals surface area contributed by atoms with Gasteiger partial charge in [-0.2, -0.15) is 0 Å². The minimum atomic E-state index is -1.27. The fourth-order valence-electron chi connectivity index (χ4n) is 5.73. The molecule has 2 fully saturated rings. The van der Waals surface area contributed by atoms with E-state index in [0.29, 0.717) is 28.6 Å². The number of rotatable bonds is 6. The van der Waals surface area contributed by atoms with Crippen LogP contribution in [0.15, 0.2) is 29.6 Å². The number of benzene rings is 1. The molecule has 0 bridgehead atoms. The lowest BCUT2D eigenvalue weighted by molar-refractivity contribution is -0.145. The van der Waals surface area contributed by atoms with Crippen molar-refractivity contribution < 1.29 is 19.5 Å². The molecule has 0 spiro atoms. The number of hydrogen-bond acceptors (Lipinski definition) is 5. The van der Waals surface area contributed by atoms with Gasteiger partial charge in [-0.05, 0) is 30.7 Å². The highest BCUT2D eigenvalue weighted by Crippen LogP contribution is 2.50. The standard InChI is InChI=1S/C25H30ClN3O4S/c1-15(30)28-17-10-11-19(16-6-2-3-7-16)25(12-22(31)32,23(33)27-13-17)24-29-21(14-34-24)18-8-4-5-9-20(18)26/h4-5,8-9,14,16-17,19H,2-3,6-7,10-13H2,1H3,(H,27,33)(H,28,30)(H,31,32)/t17-,19-,25+/m1/s1. The molecule has 7 nitrogen and oxygen atoms in total. The Balaban J connectivity index is 1.80. The summed E-state index contributed by atoms with van der Waals surface area (Å²) in [6.45, 7) is 1.73. The Labute approximate surface area is 208 Å². The summed E-state index contributed by atoms with van der Waals surface area (Å²) < 4.78 is 0. The first kappa shape index (κ1) is 24.7. The highest BCUT2D eigenvalue weighted by Gasteiger charge is 2.54. The summed E-state index contributed by atoms with van der Waals surface area (Å²) in [5.41, 5.74) is 0.129. The van der Waals surface area contributed by atoms with Crippen LogP contribution in [0.4, 0.5) is 0 Å². The molecule has 1 aliphatic carbocycles. The molecule has 2 heterocycles. The molecule has 3 N–H and O–H groups in total. The molecular formula is C25H30ClN3O4S. The van der Waals surface area contributed by atoms with Gasteiger partial charge in [-0.3, -0.25) is 14.4 Å². The van der Waals surface area contributed by atoms with Gasteiger partial charge in [-0.15, -0.1) is 11.3 Å². The van der Waals surface area contributed by atoms with Crippen LogP contribution in [-0.4, -0.2) is 40.5 Å². The van der Waals surface area contributed by atoms with Gasteiger partial charge in [-0.25, -0.2) is 4.98 Å². The van der Waals surface area contributed by atoms with E-state index in [9.17, 15) is 19.5 Å². The lowest BCUT2D eigenvalue weighted by Crippen LogP contribution is -2.57. The van der Waals surface area contributed by atoms with E-state index < -0.39 is 11.4 Å². The van der Waals surface area contributed by atoms with Gasteiger partial charge in [0.25, 0.3) is 0 Å². The van der Waals surface area contributed by atoms with Crippen LogP contribution < -0.4 is 10.6 Å². The predicted molar refractivity (Wildman–Crippen MR) is 132 cm³/mol. The van der Waals surface area contributed by atoms with Gasteiger partial charge in [0, 0.05) is 35.5 Å². The SMILES string of the molecule is CC(=O)N[C@@H]1CC[C@H](C2CCCC2)[C@](CC(=O)O)(c2nc(-c3ccccc3Cl)cs2)C(=O)NC1. The Morgan fingerprint density at radius 2 is 1.97 bits per heavy atom. The predicted octanol–water partition coefficient (Wildman–Crippen LogP) is 4.40. The lowest BCUT2D eigenvalue weighted by atomic mass is 9.63. The Morgan fingerprint density at radius 1 is 1.24 bits per heavy atom. The molecule has 1 saturated heterocycles. The summed E-state index contributed by atoms with van der Waals surface area (Å²) in [6, 6.07) is 7.20. The van der Waals surface area contributed by atoms with E-state index in [1.165, 1.54) is 18.3 Å². The maximum Gasteiger partial charge on any atom is 0.304 e. The molecule has 2 amide bonds. The highest BCUT2D eigenvalue weighted by atomic mass is 35.5. The number of carboxylic acid groups (broad SMARTS) is 1. The summed E-state index contributed by atoms with van der Waals surface area (Å²) in [4.78, 5) is 42.6. The molecule has 182 valence electrons. The first-order chi connectivity index (χ1) is 16.3. The van der Waals surface area contributed by atoms with Crippen molar-refractivity contribution >= 4 is 40.7 Å². The van der Waals surface area contributed by atoms with Gasteiger partial charge < -0.3 is 15.7 Å². The molecule has 9 heteroatoms. The van der Waals surface area contributed by atoms with Crippen LogP contribution in [0.1, 0.15) is 56.9 Å². The van der Waals surface area contributed by atoms with Gasteiger partial charge in [0.15, 0.2) is 0 Å².